The van der Waals surface area contributed by atoms with E-state index < -0.39 is 0 Å². The third-order valence-corrected chi connectivity index (χ3v) is 3.18. The first-order valence-electron chi connectivity index (χ1n) is 6.20. The smallest absolute Gasteiger partial charge is 0.172 e. The second-order valence-electron chi connectivity index (χ2n) is 5.00. The average molecular weight is 234 g/mol. The Bertz CT molecular complexity index is 405. The monoisotopic (exact) mass is 234 g/mol. The highest BCUT2D eigenvalue weighted by Crippen LogP contribution is 2.31. The number of aryl methyl sites for hydroxylation is 1. The molecular weight excluding hydrogens is 212 g/mol. The number of hydrogen-bond acceptors (Lipinski definition) is 2. The molecule has 0 aromatic heterocycles. The highest BCUT2D eigenvalue weighted by Gasteiger charge is 2.28. The number of carbonyl (C=O) groups is 1. The van der Waals surface area contributed by atoms with Crippen LogP contribution < -0.4 is 4.74 Å². The molecule has 2 heteroatoms. The van der Waals surface area contributed by atoms with Gasteiger partial charge in [-0.25, -0.2) is 0 Å². The second kappa shape index (κ2) is 5.35. The maximum Gasteiger partial charge on any atom is 0.172 e. The van der Waals surface area contributed by atoms with Crippen LogP contribution in [0.1, 0.15) is 50.0 Å². The molecule has 0 amide bonds. The molecule has 1 rings (SSSR count). The van der Waals surface area contributed by atoms with E-state index in [1.54, 1.807) is 0 Å². The van der Waals surface area contributed by atoms with Crippen molar-refractivity contribution in [3.05, 3.63) is 29.3 Å². The second-order valence-corrected chi connectivity index (χ2v) is 5.00. The Kier molecular flexibility index (Phi) is 4.33. The first-order chi connectivity index (χ1) is 7.92. The quantitative estimate of drug-likeness (QED) is 0.719. The van der Waals surface area contributed by atoms with E-state index in [9.17, 15) is 4.79 Å². The zero-order valence-corrected chi connectivity index (χ0v) is 11.5. The normalized spacial score (nSPS) is 11.4. The van der Waals surface area contributed by atoms with Crippen molar-refractivity contribution in [1.82, 2.24) is 0 Å². The van der Waals surface area contributed by atoms with Crippen LogP contribution in [0.3, 0.4) is 0 Å². The molecule has 0 aliphatic heterocycles. The fraction of sp³-hybridized carbons (Fsp3) is 0.533. The van der Waals surface area contributed by atoms with Crippen LogP contribution in [-0.4, -0.2) is 12.4 Å². The zero-order chi connectivity index (χ0) is 13.1. The predicted molar refractivity (Wildman–Crippen MR) is 70.8 cm³/mol. The van der Waals surface area contributed by atoms with Gasteiger partial charge in [0.1, 0.15) is 5.75 Å². The highest BCUT2D eigenvalue weighted by molar-refractivity contribution is 6.02. The molecule has 0 radical (unpaired) electrons. The molecule has 0 heterocycles. The van der Waals surface area contributed by atoms with Gasteiger partial charge in [-0.2, -0.15) is 0 Å². The molecule has 94 valence electrons. The fourth-order valence-corrected chi connectivity index (χ4v) is 1.63. The Morgan fingerprint density at radius 1 is 1.29 bits per heavy atom. The van der Waals surface area contributed by atoms with Crippen molar-refractivity contribution in [3.8, 4) is 5.75 Å². The van der Waals surface area contributed by atoms with Crippen LogP contribution in [0.2, 0.25) is 0 Å². The Morgan fingerprint density at radius 3 is 2.47 bits per heavy atom. The van der Waals surface area contributed by atoms with Crippen molar-refractivity contribution in [3.63, 3.8) is 0 Å². The maximum absolute atomic E-state index is 12.5. The number of benzene rings is 1. The summed E-state index contributed by atoms with van der Waals surface area (Å²) >= 11 is 0. The third-order valence-electron chi connectivity index (χ3n) is 3.18. The van der Waals surface area contributed by atoms with Gasteiger partial charge in [-0.05, 0) is 32.4 Å². The molecule has 0 fully saturated rings. The summed E-state index contributed by atoms with van der Waals surface area (Å²) in [6.45, 7) is 10.5. The summed E-state index contributed by atoms with van der Waals surface area (Å²) in [5, 5.41) is 0. The van der Waals surface area contributed by atoms with Gasteiger partial charge in [0.15, 0.2) is 5.78 Å². The predicted octanol–water partition coefficient (Wildman–Crippen LogP) is 4.01. The molecule has 0 unspecified atom stereocenters. The first-order valence-corrected chi connectivity index (χ1v) is 6.20. The van der Waals surface area contributed by atoms with Crippen LogP contribution in [0.4, 0.5) is 0 Å². The molecule has 1 aromatic carbocycles. The Morgan fingerprint density at radius 2 is 1.94 bits per heavy atom. The van der Waals surface area contributed by atoms with E-state index in [1.165, 1.54) is 0 Å². The number of hydrogen-bond donors (Lipinski definition) is 0. The Labute approximate surface area is 104 Å². The standard InChI is InChI=1S/C15H22O2/c1-6-15(4,5)14(16)12-10-11(3)8-9-13(12)17-7-2/h8-10H,6-7H2,1-5H3. The molecule has 0 bridgehead atoms. The topological polar surface area (TPSA) is 26.3 Å². The average Bonchev–Trinajstić information content (AvgIpc) is 2.30. The van der Waals surface area contributed by atoms with Gasteiger partial charge in [0.2, 0.25) is 0 Å². The van der Waals surface area contributed by atoms with E-state index in [0.717, 1.165) is 12.0 Å². The summed E-state index contributed by atoms with van der Waals surface area (Å²) < 4.78 is 5.53. The van der Waals surface area contributed by atoms with Gasteiger partial charge >= 0.3 is 0 Å². The van der Waals surface area contributed by atoms with Crippen molar-refractivity contribution in [2.45, 2.75) is 41.0 Å². The van der Waals surface area contributed by atoms with Crippen molar-refractivity contribution < 1.29 is 9.53 Å². The third kappa shape index (κ3) is 3.09. The minimum absolute atomic E-state index is 0.159. The van der Waals surface area contributed by atoms with Gasteiger partial charge in [0.25, 0.3) is 0 Å². The zero-order valence-electron chi connectivity index (χ0n) is 11.5. The van der Waals surface area contributed by atoms with Crippen LogP contribution in [0, 0.1) is 12.3 Å². The van der Waals surface area contributed by atoms with Crippen LogP contribution in [-0.2, 0) is 0 Å². The summed E-state index contributed by atoms with van der Waals surface area (Å²) in [4.78, 5) is 12.5. The summed E-state index contributed by atoms with van der Waals surface area (Å²) in [5.74, 6) is 0.858. The van der Waals surface area contributed by atoms with Crippen molar-refractivity contribution in [2.24, 2.45) is 5.41 Å². The van der Waals surface area contributed by atoms with Crippen molar-refractivity contribution >= 4 is 5.78 Å². The van der Waals surface area contributed by atoms with Gasteiger partial charge in [-0.15, -0.1) is 0 Å². The number of ether oxygens (including phenoxy) is 1. The Hall–Kier alpha value is -1.31. The molecule has 0 spiro atoms. The summed E-state index contributed by atoms with van der Waals surface area (Å²) in [6, 6.07) is 5.78. The van der Waals surface area contributed by atoms with Gasteiger partial charge in [0, 0.05) is 5.41 Å². The lowest BCUT2D eigenvalue weighted by atomic mass is 9.81. The molecule has 17 heavy (non-hydrogen) atoms. The van der Waals surface area contributed by atoms with Crippen LogP contribution in [0.25, 0.3) is 0 Å². The fourth-order valence-electron chi connectivity index (χ4n) is 1.63. The Balaban J connectivity index is 3.19. The summed E-state index contributed by atoms with van der Waals surface area (Å²) in [7, 11) is 0. The number of ketones is 1. The maximum atomic E-state index is 12.5. The number of rotatable bonds is 5. The van der Waals surface area contributed by atoms with Crippen LogP contribution in [0.5, 0.6) is 5.75 Å². The molecule has 0 N–H and O–H groups in total. The molecule has 0 atom stereocenters. The first kappa shape index (κ1) is 13.8. The lowest BCUT2D eigenvalue weighted by Gasteiger charge is -2.22. The van der Waals surface area contributed by atoms with Gasteiger partial charge in [-0.3, -0.25) is 4.79 Å². The van der Waals surface area contributed by atoms with E-state index in [1.807, 2.05) is 52.8 Å². The van der Waals surface area contributed by atoms with Crippen LogP contribution in [0.15, 0.2) is 18.2 Å². The van der Waals surface area contributed by atoms with Gasteiger partial charge in [0.05, 0.1) is 12.2 Å². The molecule has 2 nitrogen and oxygen atoms in total. The lowest BCUT2D eigenvalue weighted by molar-refractivity contribution is 0.0829. The number of Topliss-reactive ketones (excluding diaryl/α,β-unsaturated/α-hetero) is 1. The minimum Gasteiger partial charge on any atom is -0.493 e. The molecule has 0 saturated carbocycles. The van der Waals surface area contributed by atoms with Crippen molar-refractivity contribution in [2.75, 3.05) is 6.61 Å². The van der Waals surface area contributed by atoms with Crippen LogP contribution >= 0.6 is 0 Å². The van der Waals surface area contributed by atoms with E-state index in [-0.39, 0.29) is 11.2 Å². The highest BCUT2D eigenvalue weighted by atomic mass is 16.5. The van der Waals surface area contributed by atoms with Gasteiger partial charge < -0.3 is 4.74 Å². The van der Waals surface area contributed by atoms with E-state index in [0.29, 0.717) is 17.9 Å². The van der Waals surface area contributed by atoms with E-state index in [2.05, 4.69) is 0 Å². The summed E-state index contributed by atoms with van der Waals surface area (Å²) in [5.41, 5.74) is 1.46. The molecule has 0 saturated heterocycles. The van der Waals surface area contributed by atoms with Gasteiger partial charge in [-0.1, -0.05) is 32.4 Å². The van der Waals surface area contributed by atoms with Crippen molar-refractivity contribution in [1.29, 1.82) is 0 Å². The SMILES string of the molecule is CCOc1ccc(C)cc1C(=O)C(C)(C)CC. The largest absolute Gasteiger partial charge is 0.493 e. The number of carbonyl (C=O) groups excluding carboxylic acids is 1. The lowest BCUT2D eigenvalue weighted by Crippen LogP contribution is -2.24. The van der Waals surface area contributed by atoms with E-state index in [4.69, 9.17) is 4.74 Å². The molecule has 1 aromatic rings. The molecule has 0 aliphatic carbocycles. The minimum atomic E-state index is -0.334. The summed E-state index contributed by atoms with van der Waals surface area (Å²) in [6.07, 6.45) is 0.825. The van der Waals surface area contributed by atoms with E-state index >= 15 is 0 Å². The molecule has 0 aliphatic rings. The molecular formula is C15H22O2.